The van der Waals surface area contributed by atoms with Crippen molar-refractivity contribution in [3.05, 3.63) is 47.9 Å². The summed E-state index contributed by atoms with van der Waals surface area (Å²) in [5, 5.41) is 7.88. The van der Waals surface area contributed by atoms with E-state index in [-0.39, 0.29) is 17.6 Å². The molecule has 128 valence electrons. The lowest BCUT2D eigenvalue weighted by atomic mass is 9.96. The van der Waals surface area contributed by atoms with Crippen LogP contribution >= 0.6 is 0 Å². The first-order chi connectivity index (χ1) is 12.2. The van der Waals surface area contributed by atoms with Gasteiger partial charge >= 0.3 is 0 Å². The van der Waals surface area contributed by atoms with Crippen LogP contribution in [0.1, 0.15) is 40.8 Å². The summed E-state index contributed by atoms with van der Waals surface area (Å²) in [6.07, 6.45) is 4.95. The summed E-state index contributed by atoms with van der Waals surface area (Å²) in [6, 6.07) is 5.32. The van der Waals surface area contributed by atoms with Gasteiger partial charge in [0.15, 0.2) is 5.82 Å². The van der Waals surface area contributed by atoms with Gasteiger partial charge in [-0.25, -0.2) is 0 Å². The summed E-state index contributed by atoms with van der Waals surface area (Å²) < 4.78 is 10.4. The fourth-order valence-corrected chi connectivity index (χ4v) is 2.97. The zero-order chi connectivity index (χ0) is 17.2. The molecule has 3 aromatic rings. The molecule has 4 rings (SSSR count). The second-order valence-corrected chi connectivity index (χ2v) is 6.09. The Bertz CT molecular complexity index is 865. The van der Waals surface area contributed by atoms with E-state index < -0.39 is 0 Å². The van der Waals surface area contributed by atoms with Crippen LogP contribution in [0.15, 0.2) is 39.6 Å². The fourth-order valence-electron chi connectivity index (χ4n) is 2.97. The molecule has 8 heteroatoms. The number of carbonyl (C=O) groups is 1. The number of likely N-dealkylation sites (tertiary alicyclic amines) is 1. The van der Waals surface area contributed by atoms with E-state index in [0.717, 1.165) is 18.4 Å². The Morgan fingerprint density at radius 3 is 2.60 bits per heavy atom. The number of hydrogen-bond donors (Lipinski definition) is 0. The summed E-state index contributed by atoms with van der Waals surface area (Å²) in [5.74, 6) is 1.53. The van der Waals surface area contributed by atoms with E-state index in [4.69, 9.17) is 9.05 Å². The Balaban J connectivity index is 1.41. The average Bonchev–Trinajstić information content (AvgIpc) is 3.31. The monoisotopic (exact) mass is 339 g/mol. The fraction of sp³-hybridized carbons (Fsp3) is 0.353. The second kappa shape index (κ2) is 6.46. The first kappa shape index (κ1) is 15.5. The van der Waals surface area contributed by atoms with Gasteiger partial charge in [0.25, 0.3) is 11.8 Å². The zero-order valence-electron chi connectivity index (χ0n) is 13.8. The van der Waals surface area contributed by atoms with Crippen LogP contribution in [0.4, 0.5) is 0 Å². The third-order valence-electron chi connectivity index (χ3n) is 4.36. The summed E-state index contributed by atoms with van der Waals surface area (Å²) >= 11 is 0. The van der Waals surface area contributed by atoms with Crippen LogP contribution in [-0.2, 0) is 0 Å². The molecular formula is C17H17N5O3. The molecule has 1 aliphatic rings. The highest BCUT2D eigenvalue weighted by Crippen LogP contribution is 2.28. The maximum atomic E-state index is 12.4. The first-order valence-corrected chi connectivity index (χ1v) is 8.17. The van der Waals surface area contributed by atoms with E-state index in [9.17, 15) is 4.79 Å². The Labute approximate surface area is 143 Å². The maximum absolute atomic E-state index is 12.4. The van der Waals surface area contributed by atoms with Crippen molar-refractivity contribution in [2.45, 2.75) is 25.7 Å². The van der Waals surface area contributed by atoms with E-state index in [1.807, 2.05) is 12.1 Å². The van der Waals surface area contributed by atoms with E-state index in [0.29, 0.717) is 30.5 Å². The van der Waals surface area contributed by atoms with Crippen LogP contribution in [0.3, 0.4) is 0 Å². The van der Waals surface area contributed by atoms with Gasteiger partial charge in [-0.1, -0.05) is 10.3 Å². The third kappa shape index (κ3) is 3.15. The molecule has 0 spiro atoms. The van der Waals surface area contributed by atoms with Gasteiger partial charge in [-0.15, -0.1) is 0 Å². The van der Waals surface area contributed by atoms with E-state index >= 15 is 0 Å². The Morgan fingerprint density at radius 2 is 1.92 bits per heavy atom. The number of piperidine rings is 1. The number of carbonyl (C=O) groups excluding carboxylic acids is 1. The number of nitrogens with zero attached hydrogens (tertiary/aromatic N) is 5. The van der Waals surface area contributed by atoms with Crippen molar-refractivity contribution < 1.29 is 13.8 Å². The summed E-state index contributed by atoms with van der Waals surface area (Å²) in [6.45, 7) is 3.05. The SMILES string of the molecule is Cc1cc(C(=O)N2CCC(c3noc(-c4ccncc4)n3)CC2)on1. The quantitative estimate of drug-likeness (QED) is 0.722. The highest BCUT2D eigenvalue weighted by atomic mass is 16.5. The molecule has 4 heterocycles. The standard InChI is InChI=1S/C17H17N5O3/c1-11-10-14(24-20-11)17(23)22-8-4-12(5-9-22)15-19-16(25-21-15)13-2-6-18-7-3-13/h2-3,6-7,10,12H,4-5,8-9H2,1H3. The van der Waals surface area contributed by atoms with Gasteiger partial charge in [0, 0.05) is 43.0 Å². The number of pyridine rings is 1. The molecule has 1 saturated heterocycles. The number of rotatable bonds is 3. The van der Waals surface area contributed by atoms with Gasteiger partial charge < -0.3 is 13.9 Å². The highest BCUT2D eigenvalue weighted by Gasteiger charge is 2.29. The average molecular weight is 339 g/mol. The van der Waals surface area contributed by atoms with Crippen molar-refractivity contribution in [2.24, 2.45) is 0 Å². The van der Waals surface area contributed by atoms with Crippen molar-refractivity contribution in [1.29, 1.82) is 0 Å². The number of aryl methyl sites for hydroxylation is 1. The lowest BCUT2D eigenvalue weighted by Crippen LogP contribution is -2.38. The number of amides is 1. The summed E-state index contributed by atoms with van der Waals surface area (Å²) in [5.41, 5.74) is 1.55. The van der Waals surface area contributed by atoms with Gasteiger partial charge in [0.1, 0.15) is 0 Å². The summed E-state index contributed by atoms with van der Waals surface area (Å²) in [7, 11) is 0. The van der Waals surface area contributed by atoms with Crippen molar-refractivity contribution >= 4 is 5.91 Å². The van der Waals surface area contributed by atoms with Gasteiger partial charge in [-0.3, -0.25) is 9.78 Å². The Morgan fingerprint density at radius 1 is 1.16 bits per heavy atom. The lowest BCUT2D eigenvalue weighted by Gasteiger charge is -2.29. The smallest absolute Gasteiger partial charge is 0.292 e. The molecular weight excluding hydrogens is 322 g/mol. The normalized spacial score (nSPS) is 15.5. The molecule has 0 aliphatic carbocycles. The van der Waals surface area contributed by atoms with Gasteiger partial charge in [0.2, 0.25) is 5.76 Å². The molecule has 1 amide bonds. The molecule has 0 radical (unpaired) electrons. The van der Waals surface area contributed by atoms with E-state index in [2.05, 4.69) is 20.3 Å². The van der Waals surface area contributed by atoms with E-state index in [1.54, 1.807) is 30.3 Å². The Hall–Kier alpha value is -3.03. The molecule has 0 unspecified atom stereocenters. The van der Waals surface area contributed by atoms with Crippen molar-refractivity contribution in [3.63, 3.8) is 0 Å². The minimum atomic E-state index is -0.121. The molecule has 0 bridgehead atoms. The molecule has 0 saturated carbocycles. The van der Waals surface area contributed by atoms with Crippen molar-refractivity contribution in [3.8, 4) is 11.5 Å². The van der Waals surface area contributed by atoms with Crippen molar-refractivity contribution in [2.75, 3.05) is 13.1 Å². The molecule has 0 atom stereocenters. The van der Waals surface area contributed by atoms with Crippen LogP contribution in [0.5, 0.6) is 0 Å². The molecule has 25 heavy (non-hydrogen) atoms. The van der Waals surface area contributed by atoms with Crippen molar-refractivity contribution in [1.82, 2.24) is 25.2 Å². The lowest BCUT2D eigenvalue weighted by molar-refractivity contribution is 0.0668. The highest BCUT2D eigenvalue weighted by molar-refractivity contribution is 5.91. The Kier molecular flexibility index (Phi) is 4.01. The maximum Gasteiger partial charge on any atom is 0.292 e. The minimum Gasteiger partial charge on any atom is -0.351 e. The molecule has 0 N–H and O–H groups in total. The van der Waals surface area contributed by atoms with Gasteiger partial charge in [-0.2, -0.15) is 4.98 Å². The molecule has 8 nitrogen and oxygen atoms in total. The van der Waals surface area contributed by atoms with Gasteiger partial charge in [-0.05, 0) is 31.9 Å². The topological polar surface area (TPSA) is 98.2 Å². The van der Waals surface area contributed by atoms with Crippen LogP contribution in [0.25, 0.3) is 11.5 Å². The first-order valence-electron chi connectivity index (χ1n) is 8.17. The van der Waals surface area contributed by atoms with Crippen LogP contribution in [0, 0.1) is 6.92 Å². The summed E-state index contributed by atoms with van der Waals surface area (Å²) in [4.78, 5) is 22.6. The number of hydrogen-bond acceptors (Lipinski definition) is 7. The molecule has 0 aromatic carbocycles. The largest absolute Gasteiger partial charge is 0.351 e. The zero-order valence-corrected chi connectivity index (χ0v) is 13.8. The minimum absolute atomic E-state index is 0.121. The van der Waals surface area contributed by atoms with Crippen LogP contribution in [0.2, 0.25) is 0 Å². The second-order valence-electron chi connectivity index (χ2n) is 6.09. The predicted octanol–water partition coefficient (Wildman–Crippen LogP) is 2.45. The molecule has 1 aliphatic heterocycles. The molecule has 1 fully saturated rings. The van der Waals surface area contributed by atoms with Gasteiger partial charge in [0.05, 0.1) is 5.69 Å². The predicted molar refractivity (Wildman–Crippen MR) is 86.6 cm³/mol. The van der Waals surface area contributed by atoms with Crippen LogP contribution < -0.4 is 0 Å². The van der Waals surface area contributed by atoms with Crippen LogP contribution in [-0.4, -0.2) is 44.2 Å². The van der Waals surface area contributed by atoms with E-state index in [1.165, 1.54) is 0 Å². The number of aromatic nitrogens is 4. The third-order valence-corrected chi connectivity index (χ3v) is 4.36. The molecule has 3 aromatic heterocycles.